The van der Waals surface area contributed by atoms with Crippen LogP contribution in [0.15, 0.2) is 24.3 Å². The molecule has 2 N–H and O–H groups in total. The van der Waals surface area contributed by atoms with Gasteiger partial charge in [0.05, 0.1) is 0 Å². The summed E-state index contributed by atoms with van der Waals surface area (Å²) in [6.45, 7) is 10.2. The molecule has 2 rings (SSSR count). The second-order valence-electron chi connectivity index (χ2n) is 6.19. The van der Waals surface area contributed by atoms with Gasteiger partial charge >= 0.3 is 0 Å². The number of nitrogens with two attached hydrogens (primary N) is 1. The highest BCUT2D eigenvalue weighted by Crippen LogP contribution is 2.23. The van der Waals surface area contributed by atoms with Gasteiger partial charge in [0.1, 0.15) is 0 Å². The van der Waals surface area contributed by atoms with Gasteiger partial charge in [0.25, 0.3) is 0 Å². The number of hydrogen-bond donors (Lipinski definition) is 1. The summed E-state index contributed by atoms with van der Waals surface area (Å²) in [6.07, 6.45) is 1.36. The van der Waals surface area contributed by atoms with Crippen molar-refractivity contribution in [3.05, 3.63) is 35.4 Å². The molecule has 0 saturated carbocycles. The van der Waals surface area contributed by atoms with Gasteiger partial charge < -0.3 is 10.6 Å². The highest BCUT2D eigenvalue weighted by atomic mass is 15.1. The minimum absolute atomic E-state index is 0.141. The van der Waals surface area contributed by atoms with Gasteiger partial charge in [0.15, 0.2) is 0 Å². The maximum absolute atomic E-state index is 6.34. The molecule has 1 saturated heterocycles. The van der Waals surface area contributed by atoms with Crippen LogP contribution in [0.3, 0.4) is 0 Å². The molecule has 0 amide bonds. The standard InChI is InChI=1S/C16H26N2/c1-12-5-4-6-15(8-12)16(17)11-18-9-13(2)7-14(3)10-18/h4-6,8,13-14,16H,7,9-11,17H2,1-3H3. The summed E-state index contributed by atoms with van der Waals surface area (Å²) in [5, 5.41) is 0. The molecule has 1 aromatic rings. The predicted octanol–water partition coefficient (Wildman–Crippen LogP) is 2.97. The third kappa shape index (κ3) is 3.56. The minimum atomic E-state index is 0.141. The van der Waals surface area contributed by atoms with Crippen LogP contribution in [-0.2, 0) is 0 Å². The minimum Gasteiger partial charge on any atom is -0.323 e. The van der Waals surface area contributed by atoms with E-state index in [1.54, 1.807) is 0 Å². The van der Waals surface area contributed by atoms with Crippen molar-refractivity contribution in [1.29, 1.82) is 0 Å². The molecule has 1 fully saturated rings. The molecule has 0 bridgehead atoms. The average Bonchev–Trinajstić information content (AvgIpc) is 2.27. The Morgan fingerprint density at radius 3 is 2.56 bits per heavy atom. The number of hydrogen-bond acceptors (Lipinski definition) is 2. The van der Waals surface area contributed by atoms with Crippen molar-refractivity contribution in [2.45, 2.75) is 33.2 Å². The molecular weight excluding hydrogens is 220 g/mol. The molecule has 1 aliphatic heterocycles. The van der Waals surface area contributed by atoms with Crippen LogP contribution in [0.25, 0.3) is 0 Å². The lowest BCUT2D eigenvalue weighted by atomic mass is 9.91. The van der Waals surface area contributed by atoms with Crippen molar-refractivity contribution in [2.24, 2.45) is 17.6 Å². The van der Waals surface area contributed by atoms with Crippen LogP contribution < -0.4 is 5.73 Å². The zero-order valence-electron chi connectivity index (χ0n) is 11.9. The van der Waals surface area contributed by atoms with Gasteiger partial charge in [0.2, 0.25) is 0 Å². The lowest BCUT2D eigenvalue weighted by Crippen LogP contribution is -2.42. The van der Waals surface area contributed by atoms with E-state index >= 15 is 0 Å². The van der Waals surface area contributed by atoms with E-state index in [4.69, 9.17) is 5.73 Å². The van der Waals surface area contributed by atoms with E-state index in [9.17, 15) is 0 Å². The maximum atomic E-state index is 6.34. The molecular formula is C16H26N2. The highest BCUT2D eigenvalue weighted by Gasteiger charge is 2.23. The van der Waals surface area contributed by atoms with Gasteiger partial charge in [-0.1, -0.05) is 43.7 Å². The Morgan fingerprint density at radius 1 is 1.28 bits per heavy atom. The molecule has 0 spiro atoms. The molecule has 0 radical (unpaired) electrons. The Kier molecular flexibility index (Phi) is 4.41. The number of rotatable bonds is 3. The Bertz CT molecular complexity index is 378. The van der Waals surface area contributed by atoms with Gasteiger partial charge in [-0.2, -0.15) is 0 Å². The van der Waals surface area contributed by atoms with Crippen LogP contribution >= 0.6 is 0 Å². The van der Waals surface area contributed by atoms with Crippen LogP contribution in [0.1, 0.15) is 37.4 Å². The van der Waals surface area contributed by atoms with Crippen molar-refractivity contribution in [2.75, 3.05) is 19.6 Å². The second-order valence-corrected chi connectivity index (χ2v) is 6.19. The van der Waals surface area contributed by atoms with E-state index in [1.807, 2.05) is 0 Å². The third-order valence-electron chi connectivity index (χ3n) is 3.87. The first-order valence-corrected chi connectivity index (χ1v) is 7.09. The normalized spacial score (nSPS) is 27.1. The van der Waals surface area contributed by atoms with E-state index in [-0.39, 0.29) is 6.04 Å². The Balaban J connectivity index is 1.96. The van der Waals surface area contributed by atoms with Crippen LogP contribution in [0, 0.1) is 18.8 Å². The molecule has 18 heavy (non-hydrogen) atoms. The summed E-state index contributed by atoms with van der Waals surface area (Å²) in [6, 6.07) is 8.73. The van der Waals surface area contributed by atoms with Gasteiger partial charge in [-0.15, -0.1) is 0 Å². The predicted molar refractivity (Wildman–Crippen MR) is 77.5 cm³/mol. The zero-order chi connectivity index (χ0) is 13.1. The lowest BCUT2D eigenvalue weighted by molar-refractivity contribution is 0.134. The highest BCUT2D eigenvalue weighted by molar-refractivity contribution is 5.25. The van der Waals surface area contributed by atoms with Gasteiger partial charge in [-0.05, 0) is 30.7 Å². The van der Waals surface area contributed by atoms with Gasteiger partial charge in [-0.25, -0.2) is 0 Å². The summed E-state index contributed by atoms with van der Waals surface area (Å²) in [5.74, 6) is 1.61. The quantitative estimate of drug-likeness (QED) is 0.888. The Hall–Kier alpha value is -0.860. The van der Waals surface area contributed by atoms with E-state index < -0.39 is 0 Å². The van der Waals surface area contributed by atoms with Gasteiger partial charge in [-0.3, -0.25) is 0 Å². The smallest absolute Gasteiger partial charge is 0.0424 e. The fourth-order valence-corrected chi connectivity index (χ4v) is 3.23. The van der Waals surface area contributed by atoms with Crippen molar-refractivity contribution >= 4 is 0 Å². The van der Waals surface area contributed by atoms with E-state index in [2.05, 4.69) is 49.9 Å². The summed E-state index contributed by atoms with van der Waals surface area (Å²) in [4.78, 5) is 2.53. The van der Waals surface area contributed by atoms with Crippen LogP contribution in [-0.4, -0.2) is 24.5 Å². The summed E-state index contributed by atoms with van der Waals surface area (Å²) in [7, 11) is 0. The SMILES string of the molecule is Cc1cccc(C(N)CN2CC(C)CC(C)C2)c1. The van der Waals surface area contributed by atoms with Crippen molar-refractivity contribution in [1.82, 2.24) is 4.90 Å². The van der Waals surface area contributed by atoms with Crippen molar-refractivity contribution < 1.29 is 0 Å². The number of likely N-dealkylation sites (tertiary alicyclic amines) is 1. The van der Waals surface area contributed by atoms with E-state index in [1.165, 1.54) is 30.6 Å². The molecule has 1 heterocycles. The first-order valence-electron chi connectivity index (χ1n) is 7.09. The van der Waals surface area contributed by atoms with Crippen molar-refractivity contribution in [3.8, 4) is 0 Å². The first kappa shape index (κ1) is 13.6. The number of benzene rings is 1. The lowest BCUT2D eigenvalue weighted by Gasteiger charge is -2.36. The largest absolute Gasteiger partial charge is 0.323 e. The fraction of sp³-hybridized carbons (Fsp3) is 0.625. The van der Waals surface area contributed by atoms with Crippen LogP contribution in [0.4, 0.5) is 0 Å². The number of aryl methyl sites for hydroxylation is 1. The van der Waals surface area contributed by atoms with Crippen molar-refractivity contribution in [3.63, 3.8) is 0 Å². The number of piperidine rings is 1. The Labute approximate surface area is 111 Å². The topological polar surface area (TPSA) is 29.3 Å². The average molecular weight is 246 g/mol. The molecule has 2 nitrogen and oxygen atoms in total. The molecule has 0 aliphatic carbocycles. The molecule has 2 heteroatoms. The summed E-state index contributed by atoms with van der Waals surface area (Å²) in [5.41, 5.74) is 8.90. The monoisotopic (exact) mass is 246 g/mol. The number of nitrogens with zero attached hydrogens (tertiary/aromatic N) is 1. The molecule has 100 valence electrons. The fourth-order valence-electron chi connectivity index (χ4n) is 3.23. The maximum Gasteiger partial charge on any atom is 0.0424 e. The Morgan fingerprint density at radius 2 is 1.94 bits per heavy atom. The van der Waals surface area contributed by atoms with E-state index in [0.717, 1.165) is 18.4 Å². The van der Waals surface area contributed by atoms with Crippen LogP contribution in [0.5, 0.6) is 0 Å². The molecule has 1 aromatic carbocycles. The van der Waals surface area contributed by atoms with Gasteiger partial charge in [0, 0.05) is 25.7 Å². The second kappa shape index (κ2) is 5.85. The third-order valence-corrected chi connectivity index (χ3v) is 3.87. The molecule has 0 aromatic heterocycles. The first-order chi connectivity index (χ1) is 8.54. The molecule has 3 unspecified atom stereocenters. The molecule has 1 aliphatic rings. The zero-order valence-corrected chi connectivity index (χ0v) is 11.9. The summed E-state index contributed by atoms with van der Waals surface area (Å²) < 4.78 is 0. The van der Waals surface area contributed by atoms with Crippen LogP contribution in [0.2, 0.25) is 0 Å². The van der Waals surface area contributed by atoms with E-state index in [0.29, 0.717) is 0 Å². The molecule has 3 atom stereocenters. The summed E-state index contributed by atoms with van der Waals surface area (Å²) >= 11 is 0.